The molecule has 0 saturated carbocycles. The van der Waals surface area contributed by atoms with Crippen molar-refractivity contribution in [2.45, 2.75) is 26.3 Å². The Kier molecular flexibility index (Phi) is 6.03. The molecule has 102 valence electrons. The van der Waals surface area contributed by atoms with Crippen molar-refractivity contribution in [3.8, 4) is 0 Å². The minimum atomic E-state index is -0.931. The van der Waals surface area contributed by atoms with Gasteiger partial charge >= 0.3 is 5.97 Å². The molecule has 0 bridgehead atoms. The van der Waals surface area contributed by atoms with Gasteiger partial charge in [0.2, 0.25) is 0 Å². The zero-order valence-corrected chi connectivity index (χ0v) is 11.4. The number of nitrogens with two attached hydrogens (primary N) is 1. The summed E-state index contributed by atoms with van der Waals surface area (Å²) in [6.45, 7) is 3.55. The quantitative estimate of drug-likeness (QED) is 0.801. The van der Waals surface area contributed by atoms with E-state index in [0.29, 0.717) is 0 Å². The lowest BCUT2D eigenvalue weighted by Crippen LogP contribution is -2.34. The van der Waals surface area contributed by atoms with Crippen LogP contribution in [-0.2, 0) is 4.79 Å². The Labute approximate surface area is 114 Å². The Bertz CT molecular complexity index is 465. The SMILES string of the molecule is C1=CC=C2CC=CC=C2C=C1.CC(C)[C@H](N)C(=O)O. The van der Waals surface area contributed by atoms with Gasteiger partial charge in [0.1, 0.15) is 6.04 Å². The molecule has 1 atom stereocenters. The van der Waals surface area contributed by atoms with Crippen molar-refractivity contribution < 1.29 is 9.90 Å². The molecular weight excluding hydrogens is 238 g/mol. The smallest absolute Gasteiger partial charge is 0.320 e. The molecule has 2 rings (SSSR count). The molecule has 2 aliphatic carbocycles. The monoisotopic (exact) mass is 259 g/mol. The molecule has 0 aliphatic heterocycles. The van der Waals surface area contributed by atoms with E-state index in [-0.39, 0.29) is 5.92 Å². The van der Waals surface area contributed by atoms with Crippen LogP contribution < -0.4 is 5.73 Å². The van der Waals surface area contributed by atoms with E-state index in [0.717, 1.165) is 6.42 Å². The van der Waals surface area contributed by atoms with E-state index < -0.39 is 12.0 Å². The van der Waals surface area contributed by atoms with Crippen LogP contribution in [0.25, 0.3) is 0 Å². The summed E-state index contributed by atoms with van der Waals surface area (Å²) in [4.78, 5) is 10.0. The Morgan fingerprint density at radius 1 is 1.21 bits per heavy atom. The third-order valence-electron chi connectivity index (χ3n) is 2.92. The normalized spacial score (nSPS) is 17.7. The average molecular weight is 259 g/mol. The number of fused-ring (bicyclic) bond motifs is 1. The van der Waals surface area contributed by atoms with Crippen LogP contribution in [0.1, 0.15) is 20.3 Å². The fourth-order valence-corrected chi connectivity index (χ4v) is 1.60. The highest BCUT2D eigenvalue weighted by atomic mass is 16.4. The number of carboxylic acid groups (broad SMARTS) is 1. The standard InChI is InChI=1S/C11H10.C5H11NO2/c1-2-6-10-8-4-5-9-11(10)7-3-1;1-3(2)4(6)5(7)8/h1-8H,9H2;3-4H,6H2,1-2H3,(H,7,8)/t;4-/m.0/s1. The molecule has 3 N–H and O–H groups in total. The average Bonchev–Trinajstić information content (AvgIpc) is 2.63. The third kappa shape index (κ3) is 5.10. The fourth-order valence-electron chi connectivity index (χ4n) is 1.60. The number of aliphatic carboxylic acids is 1. The number of allylic oxidation sites excluding steroid dienone is 10. The Balaban J connectivity index is 0.000000203. The van der Waals surface area contributed by atoms with Crippen LogP contribution in [0.4, 0.5) is 0 Å². The van der Waals surface area contributed by atoms with Crippen molar-refractivity contribution in [2.75, 3.05) is 0 Å². The van der Waals surface area contributed by atoms with Gasteiger partial charge in [0, 0.05) is 0 Å². The van der Waals surface area contributed by atoms with Crippen LogP contribution in [-0.4, -0.2) is 17.1 Å². The molecule has 0 fully saturated rings. The van der Waals surface area contributed by atoms with Crippen LogP contribution in [0.3, 0.4) is 0 Å². The lowest BCUT2D eigenvalue weighted by atomic mass is 9.98. The van der Waals surface area contributed by atoms with Gasteiger partial charge in [0.15, 0.2) is 0 Å². The van der Waals surface area contributed by atoms with E-state index in [9.17, 15) is 4.79 Å². The van der Waals surface area contributed by atoms with Gasteiger partial charge in [-0.3, -0.25) is 4.79 Å². The van der Waals surface area contributed by atoms with Gasteiger partial charge in [0.25, 0.3) is 0 Å². The van der Waals surface area contributed by atoms with Crippen molar-refractivity contribution in [3.63, 3.8) is 0 Å². The molecule has 0 spiro atoms. The first kappa shape index (κ1) is 15.2. The van der Waals surface area contributed by atoms with Gasteiger partial charge in [-0.25, -0.2) is 0 Å². The molecule has 0 saturated heterocycles. The molecule has 0 aromatic heterocycles. The number of rotatable bonds is 2. The molecule has 0 aromatic rings. The summed E-state index contributed by atoms with van der Waals surface area (Å²) in [7, 11) is 0. The maximum absolute atomic E-state index is 10.0. The van der Waals surface area contributed by atoms with Gasteiger partial charge in [-0.05, 0) is 23.5 Å². The van der Waals surface area contributed by atoms with Crippen molar-refractivity contribution in [1.82, 2.24) is 0 Å². The van der Waals surface area contributed by atoms with Crippen LogP contribution in [0.2, 0.25) is 0 Å². The number of carboxylic acids is 1. The highest BCUT2D eigenvalue weighted by molar-refractivity contribution is 5.73. The maximum atomic E-state index is 10.0. The molecule has 0 amide bonds. The largest absolute Gasteiger partial charge is 0.480 e. The second-order valence-corrected chi connectivity index (χ2v) is 4.80. The predicted octanol–water partition coefficient (Wildman–Crippen LogP) is 2.98. The molecule has 19 heavy (non-hydrogen) atoms. The second-order valence-electron chi connectivity index (χ2n) is 4.80. The van der Waals surface area contributed by atoms with Crippen molar-refractivity contribution in [3.05, 3.63) is 59.8 Å². The van der Waals surface area contributed by atoms with E-state index in [1.165, 1.54) is 11.1 Å². The summed E-state index contributed by atoms with van der Waals surface area (Å²) in [5, 5.41) is 8.23. The van der Waals surface area contributed by atoms with Crippen molar-refractivity contribution in [1.29, 1.82) is 0 Å². The summed E-state index contributed by atoms with van der Waals surface area (Å²) >= 11 is 0. The van der Waals surface area contributed by atoms with Gasteiger partial charge in [0.05, 0.1) is 0 Å². The minimum Gasteiger partial charge on any atom is -0.480 e. The number of hydrogen-bond donors (Lipinski definition) is 2. The lowest BCUT2D eigenvalue weighted by Gasteiger charge is -2.07. The summed E-state index contributed by atoms with van der Waals surface area (Å²) in [6.07, 6.45) is 18.1. The molecule has 0 aromatic carbocycles. The first-order valence-electron chi connectivity index (χ1n) is 6.42. The molecule has 2 aliphatic rings. The maximum Gasteiger partial charge on any atom is 0.320 e. The molecule has 0 heterocycles. The summed E-state index contributed by atoms with van der Waals surface area (Å²) in [5.41, 5.74) is 7.92. The van der Waals surface area contributed by atoms with Crippen molar-refractivity contribution >= 4 is 5.97 Å². The van der Waals surface area contributed by atoms with Gasteiger partial charge in [-0.1, -0.05) is 62.5 Å². The van der Waals surface area contributed by atoms with E-state index >= 15 is 0 Å². The summed E-state index contributed by atoms with van der Waals surface area (Å²) in [6, 6.07) is -0.713. The van der Waals surface area contributed by atoms with Crippen LogP contribution in [0, 0.1) is 5.92 Å². The molecular formula is C16H21NO2. The van der Waals surface area contributed by atoms with E-state index in [1.807, 2.05) is 0 Å². The van der Waals surface area contributed by atoms with E-state index in [4.69, 9.17) is 10.8 Å². The predicted molar refractivity (Wildman–Crippen MR) is 78.7 cm³/mol. The molecule has 0 unspecified atom stereocenters. The Hall–Kier alpha value is -1.87. The highest BCUT2D eigenvalue weighted by Crippen LogP contribution is 2.21. The summed E-state index contributed by atoms with van der Waals surface area (Å²) < 4.78 is 0. The topological polar surface area (TPSA) is 63.3 Å². The Morgan fingerprint density at radius 3 is 2.53 bits per heavy atom. The van der Waals surface area contributed by atoms with Gasteiger partial charge in [-0.2, -0.15) is 0 Å². The molecule has 0 radical (unpaired) electrons. The van der Waals surface area contributed by atoms with Crippen molar-refractivity contribution in [2.24, 2.45) is 11.7 Å². The van der Waals surface area contributed by atoms with Gasteiger partial charge in [-0.15, -0.1) is 0 Å². The number of carbonyl (C=O) groups is 1. The molecule has 3 heteroatoms. The van der Waals surface area contributed by atoms with E-state index in [1.54, 1.807) is 13.8 Å². The van der Waals surface area contributed by atoms with Crippen LogP contribution in [0.15, 0.2) is 59.8 Å². The minimum absolute atomic E-state index is 0.0208. The molecule has 3 nitrogen and oxygen atoms in total. The van der Waals surface area contributed by atoms with Crippen LogP contribution >= 0.6 is 0 Å². The first-order valence-corrected chi connectivity index (χ1v) is 6.42. The Morgan fingerprint density at radius 2 is 1.95 bits per heavy atom. The highest BCUT2D eigenvalue weighted by Gasteiger charge is 2.14. The van der Waals surface area contributed by atoms with E-state index in [2.05, 4.69) is 48.6 Å². The lowest BCUT2D eigenvalue weighted by molar-refractivity contribution is -0.139. The first-order chi connectivity index (χ1) is 9.02. The second kappa shape index (κ2) is 7.54. The van der Waals surface area contributed by atoms with Gasteiger partial charge < -0.3 is 10.8 Å². The third-order valence-corrected chi connectivity index (χ3v) is 2.92. The zero-order valence-electron chi connectivity index (χ0n) is 11.4. The zero-order chi connectivity index (χ0) is 14.3. The number of hydrogen-bond acceptors (Lipinski definition) is 2. The fraction of sp³-hybridized carbons (Fsp3) is 0.312. The summed E-state index contributed by atoms with van der Waals surface area (Å²) in [5.74, 6) is -0.910. The van der Waals surface area contributed by atoms with Crippen LogP contribution in [0.5, 0.6) is 0 Å².